The molecular formula is C38H20N6O2. The van der Waals surface area contributed by atoms with Crippen LogP contribution in [0.2, 0.25) is 0 Å². The molecule has 214 valence electrons. The van der Waals surface area contributed by atoms with E-state index >= 15 is 0 Å². The van der Waals surface area contributed by atoms with Crippen LogP contribution in [0.5, 0.6) is 0 Å². The zero-order chi connectivity index (χ0) is 29.9. The molecule has 8 heterocycles. The van der Waals surface area contributed by atoms with E-state index in [1.54, 1.807) is 0 Å². The van der Waals surface area contributed by atoms with Gasteiger partial charge in [-0.3, -0.25) is 19.9 Å². The standard InChI is InChI=1S/C38H20N6O2/c1-3-28-36(41-13-1)24-11-15-39-19-30(24)43(28)21-5-8-32-26(17-21)23-7-10-34-35(38(23)46-32)27-18-22(6-9-33(27)45-34)44-29-4-2-14-42-37(29)25-12-16-40-20-31(25)44/h1-20H. The maximum atomic E-state index is 6.63. The Labute approximate surface area is 258 Å². The molecule has 11 aromatic rings. The largest absolute Gasteiger partial charge is 0.456 e. The smallest absolute Gasteiger partial charge is 0.147 e. The maximum Gasteiger partial charge on any atom is 0.147 e. The van der Waals surface area contributed by atoms with E-state index in [0.29, 0.717) is 0 Å². The van der Waals surface area contributed by atoms with Gasteiger partial charge < -0.3 is 18.0 Å². The second-order valence-corrected chi connectivity index (χ2v) is 11.6. The van der Waals surface area contributed by atoms with E-state index in [0.717, 1.165) is 99.1 Å². The zero-order valence-electron chi connectivity index (χ0n) is 24.0. The first-order valence-corrected chi connectivity index (χ1v) is 15.0. The van der Waals surface area contributed by atoms with Gasteiger partial charge in [0.2, 0.25) is 0 Å². The molecule has 3 aromatic carbocycles. The fourth-order valence-corrected chi connectivity index (χ4v) is 7.26. The number of furan rings is 2. The maximum absolute atomic E-state index is 6.63. The van der Waals surface area contributed by atoms with Crippen molar-refractivity contribution in [1.82, 2.24) is 29.1 Å². The molecule has 0 bridgehead atoms. The van der Waals surface area contributed by atoms with Crippen LogP contribution in [0, 0.1) is 0 Å². The minimum atomic E-state index is 0.782. The van der Waals surface area contributed by atoms with Gasteiger partial charge in [0.05, 0.1) is 50.9 Å². The summed E-state index contributed by atoms with van der Waals surface area (Å²) in [6.07, 6.45) is 11.1. The van der Waals surface area contributed by atoms with E-state index in [9.17, 15) is 0 Å². The zero-order valence-corrected chi connectivity index (χ0v) is 24.0. The summed E-state index contributed by atoms with van der Waals surface area (Å²) >= 11 is 0. The molecular weight excluding hydrogens is 572 g/mol. The molecule has 0 unspecified atom stereocenters. The average Bonchev–Trinajstić information content (AvgIpc) is 3.85. The molecule has 0 aliphatic carbocycles. The summed E-state index contributed by atoms with van der Waals surface area (Å²) < 4.78 is 17.4. The van der Waals surface area contributed by atoms with Crippen LogP contribution >= 0.6 is 0 Å². The summed E-state index contributed by atoms with van der Waals surface area (Å²) in [5.41, 5.74) is 11.2. The first-order valence-electron chi connectivity index (χ1n) is 15.0. The van der Waals surface area contributed by atoms with Crippen LogP contribution in [0.1, 0.15) is 0 Å². The van der Waals surface area contributed by atoms with Crippen molar-refractivity contribution in [3.63, 3.8) is 0 Å². The Morgan fingerprint density at radius 2 is 1.04 bits per heavy atom. The Morgan fingerprint density at radius 1 is 0.457 bits per heavy atom. The van der Waals surface area contributed by atoms with Gasteiger partial charge in [-0.2, -0.15) is 0 Å². The van der Waals surface area contributed by atoms with Gasteiger partial charge in [-0.1, -0.05) is 0 Å². The number of fused-ring (bicyclic) bond motifs is 13. The SMILES string of the molecule is c1cnc2c3ccncc3n(-c3ccc4oc5c(ccc6oc7ccc(-n8c9cnccc9c9ncccc98)cc7c65)c4c3)c2c1. The Kier molecular flexibility index (Phi) is 4.43. The number of pyridine rings is 4. The van der Waals surface area contributed by atoms with Gasteiger partial charge in [-0.15, -0.1) is 0 Å². The average molecular weight is 593 g/mol. The first-order chi connectivity index (χ1) is 22.8. The molecule has 0 aliphatic rings. The van der Waals surface area contributed by atoms with Crippen molar-refractivity contribution in [1.29, 1.82) is 0 Å². The van der Waals surface area contributed by atoms with Crippen molar-refractivity contribution < 1.29 is 8.83 Å². The fraction of sp³-hybridized carbons (Fsp3) is 0. The van der Waals surface area contributed by atoms with Crippen molar-refractivity contribution in [2.45, 2.75) is 0 Å². The minimum Gasteiger partial charge on any atom is -0.456 e. The van der Waals surface area contributed by atoms with E-state index in [2.05, 4.69) is 66.6 Å². The predicted octanol–water partition coefficient (Wildman–Crippen LogP) is 9.26. The number of hydrogen-bond donors (Lipinski definition) is 0. The monoisotopic (exact) mass is 592 g/mol. The molecule has 8 aromatic heterocycles. The van der Waals surface area contributed by atoms with Crippen molar-refractivity contribution in [3.8, 4) is 11.4 Å². The van der Waals surface area contributed by atoms with Crippen molar-refractivity contribution in [2.75, 3.05) is 0 Å². The summed E-state index contributed by atoms with van der Waals surface area (Å²) in [4.78, 5) is 18.2. The lowest BCUT2D eigenvalue weighted by Crippen LogP contribution is -1.93. The van der Waals surface area contributed by atoms with Crippen LogP contribution in [-0.4, -0.2) is 29.1 Å². The molecule has 0 radical (unpaired) electrons. The lowest BCUT2D eigenvalue weighted by atomic mass is 10.1. The van der Waals surface area contributed by atoms with Crippen LogP contribution in [-0.2, 0) is 0 Å². The lowest BCUT2D eigenvalue weighted by molar-refractivity contribution is 0.662. The van der Waals surface area contributed by atoms with E-state index in [1.165, 1.54) is 0 Å². The van der Waals surface area contributed by atoms with Gasteiger partial charge in [0, 0.05) is 63.1 Å². The minimum absolute atomic E-state index is 0.782. The van der Waals surface area contributed by atoms with Crippen LogP contribution in [0.25, 0.3) is 99.1 Å². The highest BCUT2D eigenvalue weighted by molar-refractivity contribution is 6.22. The Balaban J connectivity index is 1.17. The molecule has 8 heteroatoms. The van der Waals surface area contributed by atoms with Gasteiger partial charge >= 0.3 is 0 Å². The van der Waals surface area contributed by atoms with E-state index in [-0.39, 0.29) is 0 Å². The Bertz CT molecular complexity index is 2950. The van der Waals surface area contributed by atoms with Gasteiger partial charge in [0.15, 0.2) is 0 Å². The van der Waals surface area contributed by atoms with Crippen LogP contribution in [0.4, 0.5) is 0 Å². The Hall–Kier alpha value is -6.54. The molecule has 0 amide bonds. The second kappa shape index (κ2) is 8.55. The first kappa shape index (κ1) is 23.9. The topological polar surface area (TPSA) is 87.7 Å². The molecule has 0 fully saturated rings. The normalized spacial score (nSPS) is 12.3. The van der Waals surface area contributed by atoms with Gasteiger partial charge in [0.1, 0.15) is 22.3 Å². The van der Waals surface area contributed by atoms with Crippen molar-refractivity contribution in [2.24, 2.45) is 0 Å². The number of rotatable bonds is 2. The molecule has 0 spiro atoms. The second-order valence-electron chi connectivity index (χ2n) is 11.6. The van der Waals surface area contributed by atoms with Crippen LogP contribution < -0.4 is 0 Å². The predicted molar refractivity (Wildman–Crippen MR) is 181 cm³/mol. The third kappa shape index (κ3) is 3.02. The highest BCUT2D eigenvalue weighted by Gasteiger charge is 2.20. The lowest BCUT2D eigenvalue weighted by Gasteiger charge is -2.07. The third-order valence-electron chi connectivity index (χ3n) is 9.20. The molecule has 11 rings (SSSR count). The summed E-state index contributed by atoms with van der Waals surface area (Å²) in [6, 6.07) is 28.9. The summed E-state index contributed by atoms with van der Waals surface area (Å²) in [6.45, 7) is 0. The fourth-order valence-electron chi connectivity index (χ4n) is 7.26. The van der Waals surface area contributed by atoms with Crippen molar-refractivity contribution in [3.05, 3.63) is 122 Å². The highest BCUT2D eigenvalue weighted by atomic mass is 16.3. The third-order valence-corrected chi connectivity index (χ3v) is 9.20. The molecule has 0 N–H and O–H groups in total. The summed E-state index contributed by atoms with van der Waals surface area (Å²) in [5, 5.41) is 6.13. The number of hydrogen-bond acceptors (Lipinski definition) is 6. The molecule has 0 aliphatic heterocycles. The summed E-state index contributed by atoms with van der Waals surface area (Å²) in [5.74, 6) is 0. The van der Waals surface area contributed by atoms with Crippen molar-refractivity contribution >= 4 is 87.7 Å². The van der Waals surface area contributed by atoms with Gasteiger partial charge in [0.25, 0.3) is 0 Å². The van der Waals surface area contributed by atoms with Gasteiger partial charge in [-0.25, -0.2) is 0 Å². The molecule has 0 saturated carbocycles. The highest BCUT2D eigenvalue weighted by Crippen LogP contribution is 2.41. The van der Waals surface area contributed by atoms with Crippen LogP contribution in [0.3, 0.4) is 0 Å². The Morgan fingerprint density at radius 3 is 1.70 bits per heavy atom. The number of benzene rings is 3. The summed E-state index contributed by atoms with van der Waals surface area (Å²) in [7, 11) is 0. The van der Waals surface area contributed by atoms with Crippen LogP contribution in [0.15, 0.2) is 131 Å². The molecule has 46 heavy (non-hydrogen) atoms. The molecule has 8 nitrogen and oxygen atoms in total. The van der Waals surface area contributed by atoms with E-state index in [1.807, 2.05) is 79.6 Å². The van der Waals surface area contributed by atoms with E-state index < -0.39 is 0 Å². The molecule has 0 saturated heterocycles. The van der Waals surface area contributed by atoms with Gasteiger partial charge in [-0.05, 0) is 84.9 Å². The number of nitrogens with zero attached hydrogens (tertiary/aromatic N) is 6. The molecule has 0 atom stereocenters. The quantitative estimate of drug-likeness (QED) is 0.199. The van der Waals surface area contributed by atoms with E-state index in [4.69, 9.17) is 13.8 Å². The number of aromatic nitrogens is 6.